The van der Waals surface area contributed by atoms with E-state index in [2.05, 4.69) is 5.32 Å². The highest BCUT2D eigenvalue weighted by Gasteiger charge is 2.39. The van der Waals surface area contributed by atoms with Gasteiger partial charge in [-0.1, -0.05) is 13.8 Å². The summed E-state index contributed by atoms with van der Waals surface area (Å²) in [6.45, 7) is 5.39. The molecule has 5 nitrogen and oxygen atoms in total. The second kappa shape index (κ2) is 6.33. The summed E-state index contributed by atoms with van der Waals surface area (Å²) >= 11 is 0. The summed E-state index contributed by atoms with van der Waals surface area (Å²) in [6, 6.07) is -0.200. The summed E-state index contributed by atoms with van der Waals surface area (Å²) in [5, 5.41) is 12.1. The van der Waals surface area contributed by atoms with E-state index in [9.17, 15) is 9.90 Å². The lowest BCUT2D eigenvalue weighted by Gasteiger charge is -2.36. The van der Waals surface area contributed by atoms with Crippen molar-refractivity contribution in [3.8, 4) is 0 Å². The van der Waals surface area contributed by atoms with Crippen LogP contribution in [0.4, 0.5) is 0 Å². The fourth-order valence-electron chi connectivity index (χ4n) is 2.03. The van der Waals surface area contributed by atoms with Gasteiger partial charge in [0, 0.05) is 19.8 Å². The van der Waals surface area contributed by atoms with Crippen LogP contribution in [0.1, 0.15) is 26.7 Å². The van der Waals surface area contributed by atoms with Crippen LogP contribution in [0.15, 0.2) is 0 Å². The third-order valence-corrected chi connectivity index (χ3v) is 3.64. The van der Waals surface area contributed by atoms with Crippen molar-refractivity contribution in [1.29, 1.82) is 0 Å². The van der Waals surface area contributed by atoms with Gasteiger partial charge in [0.05, 0.1) is 18.1 Å². The van der Waals surface area contributed by atoms with E-state index in [0.29, 0.717) is 32.6 Å². The second-order valence-corrected chi connectivity index (χ2v) is 5.10. The number of hydrogen-bond donors (Lipinski definition) is 3. The SMILES string of the molecule is CC(C)[C@@H](CO)NC(=O)C1(CN)CCOCC1. The van der Waals surface area contributed by atoms with E-state index < -0.39 is 5.41 Å². The Bertz CT molecular complexity index is 250. The Morgan fingerprint density at radius 3 is 2.47 bits per heavy atom. The molecule has 4 N–H and O–H groups in total. The van der Waals surface area contributed by atoms with E-state index >= 15 is 0 Å². The zero-order chi connectivity index (χ0) is 12.9. The second-order valence-electron chi connectivity index (χ2n) is 5.10. The van der Waals surface area contributed by atoms with Crippen molar-refractivity contribution in [3.63, 3.8) is 0 Å². The molecule has 1 amide bonds. The van der Waals surface area contributed by atoms with Gasteiger partial charge >= 0.3 is 0 Å². The smallest absolute Gasteiger partial charge is 0.227 e. The molecule has 0 saturated carbocycles. The van der Waals surface area contributed by atoms with Crippen LogP contribution >= 0.6 is 0 Å². The van der Waals surface area contributed by atoms with Gasteiger partial charge in [0.1, 0.15) is 0 Å². The maximum absolute atomic E-state index is 12.3. The molecule has 0 aromatic rings. The van der Waals surface area contributed by atoms with Gasteiger partial charge in [-0.25, -0.2) is 0 Å². The topological polar surface area (TPSA) is 84.6 Å². The molecule has 1 atom stereocenters. The largest absolute Gasteiger partial charge is 0.394 e. The fraction of sp³-hybridized carbons (Fsp3) is 0.917. The minimum Gasteiger partial charge on any atom is -0.394 e. The normalized spacial score (nSPS) is 21.2. The molecule has 1 aliphatic rings. The number of aliphatic hydroxyl groups excluding tert-OH is 1. The summed E-state index contributed by atoms with van der Waals surface area (Å²) in [4.78, 5) is 12.3. The highest BCUT2D eigenvalue weighted by Crippen LogP contribution is 2.29. The number of carbonyl (C=O) groups is 1. The minimum absolute atomic E-state index is 0.0411. The van der Waals surface area contributed by atoms with Crippen molar-refractivity contribution < 1.29 is 14.6 Å². The van der Waals surface area contributed by atoms with E-state index in [1.807, 2.05) is 13.8 Å². The summed E-state index contributed by atoms with van der Waals surface area (Å²) in [7, 11) is 0. The summed E-state index contributed by atoms with van der Waals surface area (Å²) in [5.41, 5.74) is 5.24. The lowest BCUT2D eigenvalue weighted by Crippen LogP contribution is -2.53. The zero-order valence-corrected chi connectivity index (χ0v) is 10.7. The number of carbonyl (C=O) groups excluding carboxylic acids is 1. The molecule has 1 aliphatic heterocycles. The van der Waals surface area contributed by atoms with E-state index in [1.54, 1.807) is 0 Å². The molecule has 0 aromatic carbocycles. The number of ether oxygens (including phenoxy) is 1. The Morgan fingerprint density at radius 1 is 1.47 bits per heavy atom. The predicted octanol–water partition coefficient (Wildman–Crippen LogP) is -0.125. The lowest BCUT2D eigenvalue weighted by atomic mass is 9.79. The number of hydrogen-bond acceptors (Lipinski definition) is 4. The van der Waals surface area contributed by atoms with Gasteiger partial charge in [-0.15, -0.1) is 0 Å². The standard InChI is InChI=1S/C12H24N2O3/c1-9(2)10(7-15)14-11(16)12(8-13)3-5-17-6-4-12/h9-10,15H,3-8,13H2,1-2H3,(H,14,16)/t10-/m1/s1. The Morgan fingerprint density at radius 2 is 2.06 bits per heavy atom. The molecule has 1 heterocycles. The highest BCUT2D eigenvalue weighted by atomic mass is 16.5. The monoisotopic (exact) mass is 244 g/mol. The van der Waals surface area contributed by atoms with Crippen molar-refractivity contribution in [2.75, 3.05) is 26.4 Å². The average Bonchev–Trinajstić information content (AvgIpc) is 2.35. The number of nitrogens with two attached hydrogens (primary N) is 1. The van der Waals surface area contributed by atoms with Crippen LogP contribution in [-0.4, -0.2) is 43.4 Å². The summed E-state index contributed by atoms with van der Waals surface area (Å²) in [5.74, 6) is 0.162. The number of rotatable bonds is 5. The van der Waals surface area contributed by atoms with E-state index in [-0.39, 0.29) is 24.5 Å². The average molecular weight is 244 g/mol. The molecule has 5 heteroatoms. The maximum Gasteiger partial charge on any atom is 0.227 e. The molecule has 1 fully saturated rings. The molecule has 0 aliphatic carbocycles. The Labute approximate surface area is 103 Å². The summed E-state index contributed by atoms with van der Waals surface area (Å²) < 4.78 is 5.27. The molecule has 0 aromatic heterocycles. The molecular weight excluding hydrogens is 220 g/mol. The Hall–Kier alpha value is -0.650. The van der Waals surface area contributed by atoms with Crippen molar-refractivity contribution in [2.45, 2.75) is 32.7 Å². The van der Waals surface area contributed by atoms with Crippen molar-refractivity contribution in [1.82, 2.24) is 5.32 Å². The molecule has 1 saturated heterocycles. The summed E-state index contributed by atoms with van der Waals surface area (Å²) in [6.07, 6.45) is 1.32. The molecule has 0 unspecified atom stereocenters. The molecule has 0 radical (unpaired) electrons. The van der Waals surface area contributed by atoms with Gasteiger partial charge in [0.15, 0.2) is 0 Å². The third kappa shape index (κ3) is 3.40. The van der Waals surface area contributed by atoms with Crippen LogP contribution in [-0.2, 0) is 9.53 Å². The van der Waals surface area contributed by atoms with Crippen LogP contribution in [0.25, 0.3) is 0 Å². The number of aliphatic hydroxyl groups is 1. The van der Waals surface area contributed by atoms with Crippen molar-refractivity contribution in [3.05, 3.63) is 0 Å². The maximum atomic E-state index is 12.3. The van der Waals surface area contributed by atoms with Gasteiger partial charge in [0.2, 0.25) is 5.91 Å². The minimum atomic E-state index is -0.513. The molecule has 100 valence electrons. The lowest BCUT2D eigenvalue weighted by molar-refractivity contribution is -0.137. The molecule has 0 bridgehead atoms. The zero-order valence-electron chi connectivity index (χ0n) is 10.7. The molecular formula is C12H24N2O3. The predicted molar refractivity (Wildman–Crippen MR) is 65.4 cm³/mol. The fourth-order valence-corrected chi connectivity index (χ4v) is 2.03. The Kier molecular flexibility index (Phi) is 5.36. The highest BCUT2D eigenvalue weighted by molar-refractivity contribution is 5.83. The number of nitrogens with one attached hydrogen (secondary N) is 1. The first-order valence-electron chi connectivity index (χ1n) is 6.25. The molecule has 1 rings (SSSR count). The van der Waals surface area contributed by atoms with Crippen LogP contribution in [0.5, 0.6) is 0 Å². The first-order valence-corrected chi connectivity index (χ1v) is 6.25. The first kappa shape index (κ1) is 14.4. The Balaban J connectivity index is 2.65. The van der Waals surface area contributed by atoms with Gasteiger partial charge < -0.3 is 20.9 Å². The third-order valence-electron chi connectivity index (χ3n) is 3.64. The van der Waals surface area contributed by atoms with E-state index in [1.165, 1.54) is 0 Å². The van der Waals surface area contributed by atoms with Gasteiger partial charge in [-0.05, 0) is 18.8 Å². The van der Waals surface area contributed by atoms with Crippen LogP contribution in [0, 0.1) is 11.3 Å². The number of amides is 1. The van der Waals surface area contributed by atoms with Gasteiger partial charge in [-0.3, -0.25) is 4.79 Å². The van der Waals surface area contributed by atoms with Gasteiger partial charge in [-0.2, -0.15) is 0 Å². The van der Waals surface area contributed by atoms with Crippen molar-refractivity contribution in [2.24, 2.45) is 17.1 Å². The van der Waals surface area contributed by atoms with Crippen molar-refractivity contribution >= 4 is 5.91 Å². The molecule has 17 heavy (non-hydrogen) atoms. The van der Waals surface area contributed by atoms with Crippen LogP contribution in [0.2, 0.25) is 0 Å². The van der Waals surface area contributed by atoms with Crippen LogP contribution < -0.4 is 11.1 Å². The molecule has 0 spiro atoms. The van der Waals surface area contributed by atoms with Gasteiger partial charge in [0.25, 0.3) is 0 Å². The quantitative estimate of drug-likeness (QED) is 0.629. The van der Waals surface area contributed by atoms with E-state index in [4.69, 9.17) is 10.5 Å². The van der Waals surface area contributed by atoms with E-state index in [0.717, 1.165) is 0 Å². The van der Waals surface area contributed by atoms with Crippen LogP contribution in [0.3, 0.4) is 0 Å². The first-order chi connectivity index (χ1) is 8.05.